The van der Waals surface area contributed by atoms with Gasteiger partial charge >= 0.3 is 0 Å². The number of hydrogen-bond acceptors (Lipinski definition) is 7. The molecule has 2 bridgehead atoms. The van der Waals surface area contributed by atoms with Crippen molar-refractivity contribution in [3.63, 3.8) is 0 Å². The molecule has 0 aliphatic carbocycles. The zero-order valence-corrected chi connectivity index (χ0v) is 17.6. The zero-order chi connectivity index (χ0) is 22.1. The highest BCUT2D eigenvalue weighted by molar-refractivity contribution is 6.11. The highest BCUT2D eigenvalue weighted by atomic mass is 19.1. The van der Waals surface area contributed by atoms with E-state index in [1.807, 2.05) is 6.92 Å². The van der Waals surface area contributed by atoms with Gasteiger partial charge in [-0.25, -0.2) is 9.37 Å². The standard InChI is InChI=1S/C23H24FN5O2/c1-4-19-21-13-8-20(23(26)28-11-13)30-12(2)17-9-15(24)5-6-16(17)22(25)14(10-27-3)7-18(21)29-31-19/h5-6,8-12,25,27H,4,7H2,1-3H3,(H2,26,28)/b14-10-,25-22?. The van der Waals surface area contributed by atoms with Crippen molar-refractivity contribution in [2.75, 3.05) is 12.8 Å². The molecule has 4 N–H and O–H groups in total. The van der Waals surface area contributed by atoms with E-state index in [0.29, 0.717) is 41.0 Å². The second-order valence-electron chi connectivity index (χ2n) is 7.39. The lowest BCUT2D eigenvalue weighted by molar-refractivity contribution is 0.227. The van der Waals surface area contributed by atoms with Gasteiger partial charge in [0, 0.05) is 54.5 Å². The summed E-state index contributed by atoms with van der Waals surface area (Å²) in [6.45, 7) is 3.78. The predicted octanol–water partition coefficient (Wildman–Crippen LogP) is 4.19. The number of rotatable bonds is 2. The maximum absolute atomic E-state index is 14.1. The van der Waals surface area contributed by atoms with Crippen molar-refractivity contribution in [1.82, 2.24) is 15.5 Å². The maximum Gasteiger partial charge on any atom is 0.166 e. The van der Waals surface area contributed by atoms with Crippen LogP contribution in [0.5, 0.6) is 5.75 Å². The highest BCUT2D eigenvalue weighted by Crippen LogP contribution is 2.37. The van der Waals surface area contributed by atoms with E-state index >= 15 is 0 Å². The molecule has 0 spiro atoms. The van der Waals surface area contributed by atoms with E-state index in [2.05, 4.69) is 15.5 Å². The number of hydrogen-bond donors (Lipinski definition) is 3. The number of pyridine rings is 1. The second kappa shape index (κ2) is 8.22. The summed E-state index contributed by atoms with van der Waals surface area (Å²) in [6, 6.07) is 6.14. The van der Waals surface area contributed by atoms with Crippen LogP contribution in [0.2, 0.25) is 0 Å². The van der Waals surface area contributed by atoms with Crippen LogP contribution >= 0.6 is 0 Å². The highest BCUT2D eigenvalue weighted by Gasteiger charge is 2.25. The number of nitrogens with two attached hydrogens (primary N) is 1. The minimum atomic E-state index is -0.562. The lowest BCUT2D eigenvalue weighted by atomic mass is 9.91. The topological polar surface area (TPSA) is 110 Å². The smallest absolute Gasteiger partial charge is 0.166 e. The molecule has 0 radical (unpaired) electrons. The number of aromatic nitrogens is 2. The largest absolute Gasteiger partial charge is 0.482 e. The molecule has 8 heteroatoms. The van der Waals surface area contributed by atoms with Gasteiger partial charge in [0.25, 0.3) is 0 Å². The molecule has 1 aliphatic rings. The molecule has 2 aromatic heterocycles. The number of benzene rings is 1. The third-order valence-corrected chi connectivity index (χ3v) is 5.35. The van der Waals surface area contributed by atoms with Gasteiger partial charge in [-0.3, -0.25) is 5.41 Å². The molecule has 1 atom stereocenters. The lowest BCUT2D eigenvalue weighted by Crippen LogP contribution is -2.16. The fourth-order valence-electron chi connectivity index (χ4n) is 3.83. The van der Waals surface area contributed by atoms with Crippen molar-refractivity contribution in [2.45, 2.75) is 32.8 Å². The number of ether oxygens (including phenoxy) is 1. The first-order chi connectivity index (χ1) is 14.9. The van der Waals surface area contributed by atoms with Gasteiger partial charge < -0.3 is 20.3 Å². The van der Waals surface area contributed by atoms with Gasteiger partial charge in [0.2, 0.25) is 0 Å². The Morgan fingerprint density at radius 1 is 1.35 bits per heavy atom. The Morgan fingerprint density at radius 3 is 2.90 bits per heavy atom. The molecule has 4 rings (SSSR count). The zero-order valence-electron chi connectivity index (χ0n) is 17.6. The molecular formula is C23H24FN5O2. The van der Waals surface area contributed by atoms with Gasteiger partial charge in [-0.05, 0) is 36.8 Å². The summed E-state index contributed by atoms with van der Waals surface area (Å²) >= 11 is 0. The van der Waals surface area contributed by atoms with Crippen LogP contribution < -0.4 is 15.8 Å². The lowest BCUT2D eigenvalue weighted by Gasteiger charge is -2.22. The van der Waals surface area contributed by atoms with Crippen molar-refractivity contribution in [2.24, 2.45) is 0 Å². The van der Waals surface area contributed by atoms with Crippen molar-refractivity contribution < 1.29 is 13.7 Å². The third-order valence-electron chi connectivity index (χ3n) is 5.35. The van der Waals surface area contributed by atoms with Crippen LogP contribution in [0.3, 0.4) is 0 Å². The Morgan fingerprint density at radius 2 is 2.16 bits per heavy atom. The number of nitrogens with zero attached hydrogens (tertiary/aromatic N) is 2. The van der Waals surface area contributed by atoms with Gasteiger partial charge in [0.05, 0.1) is 11.4 Å². The minimum Gasteiger partial charge on any atom is -0.482 e. The van der Waals surface area contributed by atoms with Crippen LogP contribution in [-0.4, -0.2) is 22.9 Å². The van der Waals surface area contributed by atoms with Gasteiger partial charge in [0.1, 0.15) is 17.7 Å². The maximum atomic E-state index is 14.1. The van der Waals surface area contributed by atoms with E-state index in [1.165, 1.54) is 12.1 Å². The van der Waals surface area contributed by atoms with Gasteiger partial charge in [-0.2, -0.15) is 0 Å². The van der Waals surface area contributed by atoms with Crippen molar-refractivity contribution in [1.29, 1.82) is 5.41 Å². The molecule has 0 saturated heterocycles. The number of aryl methyl sites for hydroxylation is 1. The molecule has 3 aromatic rings. The first kappa shape index (κ1) is 20.6. The molecule has 1 aliphatic heterocycles. The number of nitrogens with one attached hydrogen (secondary N) is 2. The Balaban J connectivity index is 1.99. The molecule has 0 amide bonds. The van der Waals surface area contributed by atoms with E-state index in [1.54, 1.807) is 38.5 Å². The van der Waals surface area contributed by atoms with Crippen LogP contribution in [0, 0.1) is 11.2 Å². The molecule has 3 heterocycles. The molecule has 31 heavy (non-hydrogen) atoms. The quantitative estimate of drug-likeness (QED) is 0.572. The Hall–Kier alpha value is -3.68. The second-order valence-corrected chi connectivity index (χ2v) is 7.39. The first-order valence-electron chi connectivity index (χ1n) is 10.1. The molecule has 0 fully saturated rings. The fourth-order valence-corrected chi connectivity index (χ4v) is 3.83. The number of nitrogen functional groups attached to an aromatic ring is 1. The normalized spacial score (nSPS) is 17.2. The third kappa shape index (κ3) is 3.76. The molecule has 7 nitrogen and oxygen atoms in total. The molecule has 0 saturated carbocycles. The predicted molar refractivity (Wildman–Crippen MR) is 117 cm³/mol. The Labute approximate surface area is 179 Å². The van der Waals surface area contributed by atoms with Gasteiger partial charge in [-0.1, -0.05) is 12.1 Å². The fraction of sp³-hybridized carbons (Fsp3) is 0.261. The number of fused-ring (bicyclic) bond motifs is 5. The summed E-state index contributed by atoms with van der Waals surface area (Å²) in [5.41, 5.74) is 10.4. The van der Waals surface area contributed by atoms with Gasteiger partial charge in [0.15, 0.2) is 11.6 Å². The van der Waals surface area contributed by atoms with E-state index in [0.717, 1.165) is 16.9 Å². The number of anilines is 1. The minimum absolute atomic E-state index is 0.229. The van der Waals surface area contributed by atoms with E-state index in [4.69, 9.17) is 20.4 Å². The molecule has 160 valence electrons. The summed E-state index contributed by atoms with van der Waals surface area (Å²) < 4.78 is 25.8. The van der Waals surface area contributed by atoms with Crippen LogP contribution in [0.15, 0.2) is 46.8 Å². The van der Waals surface area contributed by atoms with Crippen LogP contribution in [-0.2, 0) is 12.8 Å². The molecule has 1 unspecified atom stereocenters. The molecular weight excluding hydrogens is 397 g/mol. The van der Waals surface area contributed by atoms with Crippen LogP contribution in [0.4, 0.5) is 10.2 Å². The summed E-state index contributed by atoms with van der Waals surface area (Å²) in [5.74, 6) is 0.926. The molecule has 1 aromatic carbocycles. The number of allylic oxidation sites excluding steroid dienone is 1. The summed E-state index contributed by atoms with van der Waals surface area (Å²) in [5, 5.41) is 16.2. The number of halogens is 1. The average Bonchev–Trinajstić information content (AvgIpc) is 3.16. The Bertz CT molecular complexity index is 1180. The van der Waals surface area contributed by atoms with Crippen molar-refractivity contribution >= 4 is 11.5 Å². The monoisotopic (exact) mass is 421 g/mol. The van der Waals surface area contributed by atoms with E-state index < -0.39 is 11.9 Å². The van der Waals surface area contributed by atoms with E-state index in [-0.39, 0.29) is 11.5 Å². The summed E-state index contributed by atoms with van der Waals surface area (Å²) in [4.78, 5) is 4.30. The Kier molecular flexibility index (Phi) is 5.46. The average molecular weight is 421 g/mol. The van der Waals surface area contributed by atoms with Crippen LogP contribution in [0.25, 0.3) is 11.1 Å². The van der Waals surface area contributed by atoms with E-state index in [9.17, 15) is 4.39 Å². The first-order valence-corrected chi connectivity index (χ1v) is 10.1. The summed E-state index contributed by atoms with van der Waals surface area (Å²) in [7, 11) is 1.77. The van der Waals surface area contributed by atoms with Crippen LogP contribution in [0.1, 0.15) is 42.5 Å². The summed E-state index contributed by atoms with van der Waals surface area (Å²) in [6.07, 6.45) is 3.85. The van der Waals surface area contributed by atoms with Crippen molar-refractivity contribution in [3.05, 3.63) is 70.6 Å². The van der Waals surface area contributed by atoms with Crippen molar-refractivity contribution in [3.8, 4) is 16.9 Å². The van der Waals surface area contributed by atoms with Gasteiger partial charge in [-0.15, -0.1) is 0 Å². The SMILES string of the molecule is CCc1onc2c1-c1cnc(N)c(c1)OC(C)c1cc(F)ccc1C(=N)/C(=C\NC)C2.